The van der Waals surface area contributed by atoms with Gasteiger partial charge in [0.25, 0.3) is 0 Å². The maximum absolute atomic E-state index is 4.36. The fraction of sp³-hybridized carbons (Fsp3) is 0.615. The lowest BCUT2D eigenvalue weighted by atomic mass is 10.2. The molecule has 0 bridgehead atoms. The first kappa shape index (κ1) is 12.8. The summed E-state index contributed by atoms with van der Waals surface area (Å²) in [5, 5.41) is 3.45. The Labute approximate surface area is 98.9 Å². The summed E-state index contributed by atoms with van der Waals surface area (Å²) in [7, 11) is 4.04. The Kier molecular flexibility index (Phi) is 5.68. The standard InChI is InChI=1S/C13H23N3/c1-4-5-6-7-10-14-12-9-8-11-15-13(12)16(2)3/h8-9,11,14H,4-7,10H2,1-3H3. The Hall–Kier alpha value is -1.25. The predicted octanol–water partition coefficient (Wildman–Crippen LogP) is 3.14. The molecule has 1 aromatic rings. The number of anilines is 2. The normalized spacial score (nSPS) is 10.2. The molecule has 0 aromatic carbocycles. The van der Waals surface area contributed by atoms with E-state index < -0.39 is 0 Å². The van der Waals surface area contributed by atoms with Crippen LogP contribution in [0.5, 0.6) is 0 Å². The Bertz CT molecular complexity index is 297. The van der Waals surface area contributed by atoms with Crippen LogP contribution in [0.3, 0.4) is 0 Å². The van der Waals surface area contributed by atoms with Crippen molar-refractivity contribution in [3.63, 3.8) is 0 Å². The van der Waals surface area contributed by atoms with E-state index in [0.717, 1.165) is 18.1 Å². The zero-order valence-electron chi connectivity index (χ0n) is 10.7. The van der Waals surface area contributed by atoms with Crippen LogP contribution in [-0.4, -0.2) is 25.6 Å². The molecule has 0 atom stereocenters. The van der Waals surface area contributed by atoms with Gasteiger partial charge in [-0.1, -0.05) is 26.2 Å². The van der Waals surface area contributed by atoms with Gasteiger partial charge in [-0.3, -0.25) is 0 Å². The van der Waals surface area contributed by atoms with Crippen molar-refractivity contribution in [1.29, 1.82) is 0 Å². The third-order valence-corrected chi connectivity index (χ3v) is 2.56. The van der Waals surface area contributed by atoms with Crippen LogP contribution in [0.2, 0.25) is 0 Å². The monoisotopic (exact) mass is 221 g/mol. The third kappa shape index (κ3) is 4.09. The van der Waals surface area contributed by atoms with Gasteiger partial charge in [0.2, 0.25) is 0 Å². The predicted molar refractivity (Wildman–Crippen MR) is 71.2 cm³/mol. The molecule has 0 aliphatic rings. The van der Waals surface area contributed by atoms with Crippen molar-refractivity contribution in [1.82, 2.24) is 4.98 Å². The van der Waals surface area contributed by atoms with Gasteiger partial charge < -0.3 is 10.2 Å². The molecule has 3 nitrogen and oxygen atoms in total. The first-order valence-electron chi connectivity index (χ1n) is 6.12. The first-order chi connectivity index (χ1) is 7.75. The van der Waals surface area contributed by atoms with Crippen LogP contribution in [0.25, 0.3) is 0 Å². The van der Waals surface area contributed by atoms with Crippen LogP contribution in [-0.2, 0) is 0 Å². The molecule has 1 rings (SSSR count). The van der Waals surface area contributed by atoms with E-state index in [-0.39, 0.29) is 0 Å². The Morgan fingerprint density at radius 2 is 2.06 bits per heavy atom. The average molecular weight is 221 g/mol. The Morgan fingerprint density at radius 3 is 2.75 bits per heavy atom. The van der Waals surface area contributed by atoms with E-state index in [0.29, 0.717) is 0 Å². The zero-order chi connectivity index (χ0) is 11.8. The molecule has 0 fully saturated rings. The van der Waals surface area contributed by atoms with Gasteiger partial charge in [0.15, 0.2) is 5.82 Å². The van der Waals surface area contributed by atoms with Crippen molar-refractivity contribution in [2.45, 2.75) is 32.6 Å². The van der Waals surface area contributed by atoms with E-state index in [1.807, 2.05) is 31.3 Å². The maximum atomic E-state index is 4.36. The second-order valence-electron chi connectivity index (χ2n) is 4.26. The van der Waals surface area contributed by atoms with Gasteiger partial charge in [-0.05, 0) is 18.6 Å². The molecule has 1 aromatic heterocycles. The maximum Gasteiger partial charge on any atom is 0.151 e. The number of aromatic nitrogens is 1. The van der Waals surface area contributed by atoms with Gasteiger partial charge >= 0.3 is 0 Å². The summed E-state index contributed by atoms with van der Waals surface area (Å²) in [6.07, 6.45) is 6.99. The van der Waals surface area contributed by atoms with E-state index in [2.05, 4.69) is 23.3 Å². The minimum absolute atomic E-state index is 1.01. The SMILES string of the molecule is CCCCCCNc1cccnc1N(C)C. The molecule has 3 heteroatoms. The molecule has 0 aliphatic heterocycles. The molecule has 1 heterocycles. The lowest BCUT2D eigenvalue weighted by molar-refractivity contribution is 0.685. The molecule has 0 radical (unpaired) electrons. The van der Waals surface area contributed by atoms with E-state index >= 15 is 0 Å². The highest BCUT2D eigenvalue weighted by Crippen LogP contribution is 2.20. The number of hydrogen-bond acceptors (Lipinski definition) is 3. The highest BCUT2D eigenvalue weighted by atomic mass is 15.2. The van der Waals surface area contributed by atoms with Crippen LogP contribution in [0.4, 0.5) is 11.5 Å². The van der Waals surface area contributed by atoms with Gasteiger partial charge in [-0.15, -0.1) is 0 Å². The van der Waals surface area contributed by atoms with E-state index in [1.165, 1.54) is 25.7 Å². The molecular formula is C13H23N3. The Morgan fingerprint density at radius 1 is 1.25 bits per heavy atom. The smallest absolute Gasteiger partial charge is 0.151 e. The molecule has 90 valence electrons. The molecule has 0 saturated carbocycles. The van der Waals surface area contributed by atoms with Crippen molar-refractivity contribution < 1.29 is 0 Å². The summed E-state index contributed by atoms with van der Waals surface area (Å²) in [6.45, 7) is 3.27. The van der Waals surface area contributed by atoms with E-state index in [9.17, 15) is 0 Å². The topological polar surface area (TPSA) is 28.2 Å². The van der Waals surface area contributed by atoms with E-state index in [4.69, 9.17) is 0 Å². The van der Waals surface area contributed by atoms with Crippen molar-refractivity contribution in [3.05, 3.63) is 18.3 Å². The average Bonchev–Trinajstić information content (AvgIpc) is 2.29. The molecule has 0 spiro atoms. The molecule has 0 amide bonds. The molecule has 0 unspecified atom stereocenters. The summed E-state index contributed by atoms with van der Waals surface area (Å²) in [6, 6.07) is 4.06. The lowest BCUT2D eigenvalue weighted by Gasteiger charge is -2.16. The highest BCUT2D eigenvalue weighted by Gasteiger charge is 2.03. The van der Waals surface area contributed by atoms with Gasteiger partial charge in [0.1, 0.15) is 0 Å². The number of rotatable bonds is 7. The minimum atomic E-state index is 1.01. The van der Waals surface area contributed by atoms with Crippen molar-refractivity contribution in [3.8, 4) is 0 Å². The van der Waals surface area contributed by atoms with Gasteiger partial charge in [0, 0.05) is 26.8 Å². The number of nitrogens with one attached hydrogen (secondary N) is 1. The van der Waals surface area contributed by atoms with Gasteiger partial charge in [0.05, 0.1) is 5.69 Å². The molecule has 0 saturated heterocycles. The lowest BCUT2D eigenvalue weighted by Crippen LogP contribution is -2.14. The summed E-state index contributed by atoms with van der Waals surface area (Å²) in [4.78, 5) is 6.39. The first-order valence-corrected chi connectivity index (χ1v) is 6.12. The number of unbranched alkanes of at least 4 members (excludes halogenated alkanes) is 3. The fourth-order valence-electron chi connectivity index (χ4n) is 1.67. The molecule has 0 aliphatic carbocycles. The largest absolute Gasteiger partial charge is 0.382 e. The molecule has 16 heavy (non-hydrogen) atoms. The summed E-state index contributed by atoms with van der Waals surface area (Å²) < 4.78 is 0. The quantitative estimate of drug-likeness (QED) is 0.717. The van der Waals surface area contributed by atoms with Crippen LogP contribution < -0.4 is 10.2 Å². The van der Waals surface area contributed by atoms with Crippen LogP contribution in [0.1, 0.15) is 32.6 Å². The van der Waals surface area contributed by atoms with Crippen LogP contribution in [0, 0.1) is 0 Å². The van der Waals surface area contributed by atoms with Crippen molar-refractivity contribution in [2.75, 3.05) is 30.9 Å². The molecular weight excluding hydrogens is 198 g/mol. The minimum Gasteiger partial charge on any atom is -0.382 e. The summed E-state index contributed by atoms with van der Waals surface area (Å²) >= 11 is 0. The number of hydrogen-bond donors (Lipinski definition) is 1. The van der Waals surface area contributed by atoms with Crippen LogP contribution >= 0.6 is 0 Å². The van der Waals surface area contributed by atoms with E-state index in [1.54, 1.807) is 0 Å². The van der Waals surface area contributed by atoms with Crippen molar-refractivity contribution in [2.24, 2.45) is 0 Å². The van der Waals surface area contributed by atoms with Crippen molar-refractivity contribution >= 4 is 11.5 Å². The number of pyridine rings is 1. The third-order valence-electron chi connectivity index (χ3n) is 2.56. The van der Waals surface area contributed by atoms with Gasteiger partial charge in [-0.2, -0.15) is 0 Å². The van der Waals surface area contributed by atoms with Crippen LogP contribution in [0.15, 0.2) is 18.3 Å². The second kappa shape index (κ2) is 7.09. The summed E-state index contributed by atoms with van der Waals surface area (Å²) in [5.41, 5.74) is 1.13. The zero-order valence-corrected chi connectivity index (χ0v) is 10.7. The second-order valence-corrected chi connectivity index (χ2v) is 4.26. The number of nitrogens with zero attached hydrogens (tertiary/aromatic N) is 2. The van der Waals surface area contributed by atoms with Gasteiger partial charge in [-0.25, -0.2) is 4.98 Å². The Balaban J connectivity index is 2.41. The molecule has 1 N–H and O–H groups in total. The highest BCUT2D eigenvalue weighted by molar-refractivity contribution is 5.64. The fourth-order valence-corrected chi connectivity index (χ4v) is 1.67. The summed E-state index contributed by atoms with van der Waals surface area (Å²) in [5.74, 6) is 1.01.